The third-order valence-corrected chi connectivity index (χ3v) is 3.85. The molecule has 0 amide bonds. The van der Waals surface area contributed by atoms with Gasteiger partial charge in [0, 0.05) is 24.0 Å². The van der Waals surface area contributed by atoms with Crippen LogP contribution in [-0.4, -0.2) is 20.8 Å². The summed E-state index contributed by atoms with van der Waals surface area (Å²) in [5, 5.41) is 4.04. The predicted molar refractivity (Wildman–Crippen MR) is 76.6 cm³/mol. The number of hydrogen-bond donors (Lipinski definition) is 1. The fourth-order valence-corrected chi connectivity index (χ4v) is 2.81. The van der Waals surface area contributed by atoms with Crippen LogP contribution in [0.2, 0.25) is 0 Å². The minimum Gasteiger partial charge on any atom is -0.328 e. The minimum atomic E-state index is -0.149. The predicted octanol–water partition coefficient (Wildman–Crippen LogP) is 1.30. The molecule has 0 aliphatic heterocycles. The first-order chi connectivity index (χ1) is 9.72. The van der Waals surface area contributed by atoms with Gasteiger partial charge in [-0.1, -0.05) is 0 Å². The Morgan fingerprint density at radius 3 is 2.85 bits per heavy atom. The van der Waals surface area contributed by atoms with E-state index in [2.05, 4.69) is 10.1 Å². The Bertz CT molecular complexity index is 635. The van der Waals surface area contributed by atoms with E-state index in [0.29, 0.717) is 17.6 Å². The van der Waals surface area contributed by atoms with Crippen LogP contribution in [0.5, 0.6) is 0 Å². The zero-order valence-electron chi connectivity index (χ0n) is 11.3. The van der Waals surface area contributed by atoms with Gasteiger partial charge in [0.15, 0.2) is 0 Å². The van der Waals surface area contributed by atoms with Crippen molar-refractivity contribution in [2.45, 2.75) is 31.7 Å². The van der Waals surface area contributed by atoms with Gasteiger partial charge in [-0.05, 0) is 49.8 Å². The topological polar surface area (TPSA) is 73.8 Å². The number of rotatable bonds is 3. The summed E-state index contributed by atoms with van der Waals surface area (Å²) in [6.07, 6.45) is 7.65. The van der Waals surface area contributed by atoms with E-state index in [0.717, 1.165) is 25.0 Å². The van der Waals surface area contributed by atoms with Crippen molar-refractivity contribution in [3.63, 3.8) is 0 Å². The van der Waals surface area contributed by atoms with Crippen molar-refractivity contribution in [3.05, 3.63) is 52.7 Å². The minimum absolute atomic E-state index is 0.149. The Labute approximate surface area is 117 Å². The van der Waals surface area contributed by atoms with Crippen LogP contribution in [0.1, 0.15) is 25.0 Å². The number of hydrogen-bond acceptors (Lipinski definition) is 4. The average molecular weight is 270 g/mol. The lowest BCUT2D eigenvalue weighted by molar-refractivity contribution is 0.528. The molecule has 1 fully saturated rings. The van der Waals surface area contributed by atoms with Crippen LogP contribution in [0.25, 0.3) is 5.69 Å². The standard InChI is InChI=1S/C15H18N4O/c16-12-4-3-11(8-12)9-13-5-6-14(10-17-13)19-15(20)2-1-7-18-19/h1-2,5-7,10-12H,3-4,8-9,16H2/t11-,12-/m0/s1. The lowest BCUT2D eigenvalue weighted by Gasteiger charge is -2.09. The van der Waals surface area contributed by atoms with Crippen molar-refractivity contribution in [1.82, 2.24) is 14.8 Å². The molecule has 0 spiro atoms. The molecule has 1 saturated carbocycles. The van der Waals surface area contributed by atoms with Crippen molar-refractivity contribution >= 4 is 0 Å². The maximum Gasteiger partial charge on any atom is 0.271 e. The lowest BCUT2D eigenvalue weighted by Crippen LogP contribution is -2.19. The maximum absolute atomic E-state index is 11.7. The number of pyridine rings is 1. The molecule has 0 aromatic carbocycles. The quantitative estimate of drug-likeness (QED) is 0.912. The zero-order chi connectivity index (χ0) is 13.9. The van der Waals surface area contributed by atoms with Gasteiger partial charge < -0.3 is 5.73 Å². The summed E-state index contributed by atoms with van der Waals surface area (Å²) < 4.78 is 1.35. The summed E-state index contributed by atoms with van der Waals surface area (Å²) in [4.78, 5) is 16.1. The smallest absolute Gasteiger partial charge is 0.271 e. The highest BCUT2D eigenvalue weighted by atomic mass is 16.1. The maximum atomic E-state index is 11.7. The van der Waals surface area contributed by atoms with Crippen molar-refractivity contribution in [3.8, 4) is 5.69 Å². The molecular weight excluding hydrogens is 252 g/mol. The van der Waals surface area contributed by atoms with E-state index in [9.17, 15) is 4.79 Å². The Kier molecular flexibility index (Phi) is 3.60. The van der Waals surface area contributed by atoms with Gasteiger partial charge in [-0.2, -0.15) is 9.78 Å². The van der Waals surface area contributed by atoms with E-state index in [1.54, 1.807) is 18.5 Å². The van der Waals surface area contributed by atoms with Gasteiger partial charge in [-0.25, -0.2) is 0 Å². The van der Waals surface area contributed by atoms with E-state index in [4.69, 9.17) is 5.73 Å². The van der Waals surface area contributed by atoms with Crippen LogP contribution < -0.4 is 11.3 Å². The Morgan fingerprint density at radius 1 is 1.30 bits per heavy atom. The molecule has 2 heterocycles. The molecule has 5 heteroatoms. The number of nitrogens with two attached hydrogens (primary N) is 1. The van der Waals surface area contributed by atoms with Gasteiger partial charge in [0.25, 0.3) is 5.56 Å². The van der Waals surface area contributed by atoms with Crippen LogP contribution in [0.4, 0.5) is 0 Å². The summed E-state index contributed by atoms with van der Waals surface area (Å²) in [6, 6.07) is 7.34. The molecule has 2 aromatic rings. The van der Waals surface area contributed by atoms with Crippen LogP contribution in [0.15, 0.2) is 41.5 Å². The largest absolute Gasteiger partial charge is 0.328 e. The lowest BCUT2D eigenvalue weighted by atomic mass is 10.0. The van der Waals surface area contributed by atoms with Gasteiger partial charge in [0.2, 0.25) is 0 Å². The highest BCUT2D eigenvalue weighted by Crippen LogP contribution is 2.26. The van der Waals surface area contributed by atoms with Crippen LogP contribution >= 0.6 is 0 Å². The van der Waals surface area contributed by atoms with E-state index >= 15 is 0 Å². The third kappa shape index (κ3) is 2.77. The van der Waals surface area contributed by atoms with Crippen molar-refractivity contribution < 1.29 is 0 Å². The van der Waals surface area contributed by atoms with Gasteiger partial charge in [-0.3, -0.25) is 9.78 Å². The second-order valence-electron chi connectivity index (χ2n) is 5.42. The molecule has 0 saturated heterocycles. The molecule has 0 radical (unpaired) electrons. The van der Waals surface area contributed by atoms with Gasteiger partial charge in [0.1, 0.15) is 0 Å². The highest BCUT2D eigenvalue weighted by Gasteiger charge is 2.22. The summed E-state index contributed by atoms with van der Waals surface area (Å²) in [5.41, 5.74) is 7.53. The second-order valence-corrected chi connectivity index (χ2v) is 5.42. The van der Waals surface area contributed by atoms with Crippen LogP contribution in [-0.2, 0) is 6.42 Å². The molecule has 5 nitrogen and oxygen atoms in total. The van der Waals surface area contributed by atoms with Gasteiger partial charge >= 0.3 is 0 Å². The molecule has 3 rings (SSSR count). The average Bonchev–Trinajstić information content (AvgIpc) is 2.86. The Balaban J connectivity index is 1.75. The Hall–Kier alpha value is -2.01. The first-order valence-electron chi connectivity index (χ1n) is 6.97. The molecule has 2 N–H and O–H groups in total. The number of nitrogens with zero attached hydrogens (tertiary/aromatic N) is 3. The summed E-state index contributed by atoms with van der Waals surface area (Å²) in [5.74, 6) is 0.640. The summed E-state index contributed by atoms with van der Waals surface area (Å²) in [6.45, 7) is 0. The zero-order valence-corrected chi connectivity index (χ0v) is 11.3. The third-order valence-electron chi connectivity index (χ3n) is 3.85. The Morgan fingerprint density at radius 2 is 2.20 bits per heavy atom. The highest BCUT2D eigenvalue weighted by molar-refractivity contribution is 5.28. The SMILES string of the molecule is N[C@H]1CC[C@H](Cc2ccc(-n3ncccc3=O)cn2)C1. The molecule has 2 aromatic heterocycles. The fourth-order valence-electron chi connectivity index (χ4n) is 2.81. The normalized spacial score (nSPS) is 22.1. The second kappa shape index (κ2) is 5.54. The molecule has 0 unspecified atom stereocenters. The summed E-state index contributed by atoms with van der Waals surface area (Å²) in [7, 11) is 0. The van der Waals surface area contributed by atoms with E-state index in [1.807, 2.05) is 12.1 Å². The van der Waals surface area contributed by atoms with E-state index < -0.39 is 0 Å². The van der Waals surface area contributed by atoms with E-state index in [1.165, 1.54) is 17.2 Å². The molecule has 104 valence electrons. The molecule has 1 aliphatic carbocycles. The van der Waals surface area contributed by atoms with E-state index in [-0.39, 0.29) is 5.56 Å². The van der Waals surface area contributed by atoms with Gasteiger partial charge in [-0.15, -0.1) is 0 Å². The van der Waals surface area contributed by atoms with Crippen molar-refractivity contribution in [1.29, 1.82) is 0 Å². The molecule has 20 heavy (non-hydrogen) atoms. The molecule has 2 atom stereocenters. The fraction of sp³-hybridized carbons (Fsp3) is 0.400. The van der Waals surface area contributed by atoms with Gasteiger partial charge in [0.05, 0.1) is 11.9 Å². The monoisotopic (exact) mass is 270 g/mol. The summed E-state index contributed by atoms with van der Waals surface area (Å²) >= 11 is 0. The molecular formula is C15H18N4O. The number of aromatic nitrogens is 3. The first-order valence-corrected chi connectivity index (χ1v) is 6.97. The molecule has 1 aliphatic rings. The van der Waals surface area contributed by atoms with Crippen LogP contribution in [0, 0.1) is 5.92 Å². The van der Waals surface area contributed by atoms with Crippen molar-refractivity contribution in [2.24, 2.45) is 11.7 Å². The van der Waals surface area contributed by atoms with Crippen molar-refractivity contribution in [2.75, 3.05) is 0 Å². The first kappa shape index (κ1) is 13.0. The molecule has 0 bridgehead atoms. The van der Waals surface area contributed by atoms with Crippen LogP contribution in [0.3, 0.4) is 0 Å².